The number of carbonyl (C=O) groups excluding carboxylic acids is 2. The Kier molecular flexibility index (Phi) is 6.32. The number of amides is 1. The Balaban J connectivity index is 2.14. The molecule has 8 heteroatoms. The van der Waals surface area contributed by atoms with Gasteiger partial charge in [0, 0.05) is 5.69 Å². The zero-order valence-corrected chi connectivity index (χ0v) is 16.0. The van der Waals surface area contributed by atoms with Crippen LogP contribution in [0, 0.1) is 12.7 Å². The molecule has 2 aromatic carbocycles. The fraction of sp³-hybridized carbons (Fsp3) is 0.263. The predicted octanol–water partition coefficient (Wildman–Crippen LogP) is 3.11. The van der Waals surface area contributed by atoms with E-state index in [1.807, 2.05) is 0 Å². The lowest BCUT2D eigenvalue weighted by molar-refractivity contribution is -0.123. The maximum atomic E-state index is 13.6. The number of carbonyl (C=O) groups is 2. The maximum Gasteiger partial charge on any atom is 0.340 e. The van der Waals surface area contributed by atoms with E-state index in [9.17, 15) is 22.4 Å². The number of anilines is 1. The van der Waals surface area contributed by atoms with Crippen LogP contribution in [0.2, 0.25) is 0 Å². The van der Waals surface area contributed by atoms with Crippen LogP contribution in [0.4, 0.5) is 10.1 Å². The van der Waals surface area contributed by atoms with Crippen LogP contribution >= 0.6 is 0 Å². The summed E-state index contributed by atoms with van der Waals surface area (Å²) in [6, 6.07) is 9.83. The number of hydrogen-bond acceptors (Lipinski definition) is 5. The van der Waals surface area contributed by atoms with Gasteiger partial charge in [-0.15, -0.1) is 0 Å². The molecule has 0 radical (unpaired) electrons. The molecule has 0 aliphatic heterocycles. The first-order valence-corrected chi connectivity index (χ1v) is 9.90. The van der Waals surface area contributed by atoms with Crippen molar-refractivity contribution in [1.82, 2.24) is 0 Å². The molecule has 144 valence electrons. The van der Waals surface area contributed by atoms with Crippen LogP contribution in [-0.2, 0) is 19.4 Å². The number of aryl methyl sites for hydroxylation is 1. The molecule has 1 atom stereocenters. The quantitative estimate of drug-likeness (QED) is 0.762. The van der Waals surface area contributed by atoms with Crippen LogP contribution in [-0.4, -0.2) is 32.2 Å². The van der Waals surface area contributed by atoms with E-state index in [4.69, 9.17) is 4.74 Å². The highest BCUT2D eigenvalue weighted by Crippen LogP contribution is 2.19. The lowest BCUT2D eigenvalue weighted by atomic mass is 10.2. The van der Waals surface area contributed by atoms with Gasteiger partial charge in [-0.2, -0.15) is 0 Å². The molecule has 0 aliphatic rings. The van der Waals surface area contributed by atoms with Gasteiger partial charge in [0.05, 0.1) is 16.2 Å². The van der Waals surface area contributed by atoms with Crippen molar-refractivity contribution < 1.29 is 27.1 Å². The highest BCUT2D eigenvalue weighted by Gasteiger charge is 2.25. The summed E-state index contributed by atoms with van der Waals surface area (Å²) in [6.45, 7) is 4.40. The fourth-order valence-electron chi connectivity index (χ4n) is 2.25. The molecular formula is C19H20FNO5S. The summed E-state index contributed by atoms with van der Waals surface area (Å²) >= 11 is 0. The number of esters is 1. The van der Waals surface area contributed by atoms with Crippen molar-refractivity contribution in [2.24, 2.45) is 0 Å². The Hall–Kier alpha value is -2.74. The van der Waals surface area contributed by atoms with Crippen molar-refractivity contribution in [2.45, 2.75) is 31.8 Å². The number of benzene rings is 2. The highest BCUT2D eigenvalue weighted by atomic mass is 32.2. The molecule has 27 heavy (non-hydrogen) atoms. The molecule has 0 saturated heterocycles. The predicted molar refractivity (Wildman–Crippen MR) is 98.8 cm³/mol. The normalized spacial score (nSPS) is 12.3. The van der Waals surface area contributed by atoms with Crippen LogP contribution in [0.1, 0.15) is 29.8 Å². The number of sulfone groups is 1. The Morgan fingerprint density at radius 2 is 1.85 bits per heavy atom. The van der Waals surface area contributed by atoms with Crippen LogP contribution in [0.25, 0.3) is 0 Å². The van der Waals surface area contributed by atoms with Gasteiger partial charge in [0.1, 0.15) is 5.82 Å². The van der Waals surface area contributed by atoms with Gasteiger partial charge in [0.15, 0.2) is 15.9 Å². The molecule has 1 N–H and O–H groups in total. The van der Waals surface area contributed by atoms with Crippen LogP contribution < -0.4 is 5.32 Å². The van der Waals surface area contributed by atoms with Gasteiger partial charge in [-0.05, 0) is 43.7 Å². The summed E-state index contributed by atoms with van der Waals surface area (Å²) in [4.78, 5) is 24.4. The van der Waals surface area contributed by atoms with E-state index >= 15 is 0 Å². The minimum Gasteiger partial charge on any atom is -0.449 e. The molecule has 2 aromatic rings. The second kappa shape index (κ2) is 8.30. The molecule has 0 fully saturated rings. The van der Waals surface area contributed by atoms with Gasteiger partial charge >= 0.3 is 5.97 Å². The third kappa shape index (κ3) is 4.91. The largest absolute Gasteiger partial charge is 0.449 e. The van der Waals surface area contributed by atoms with Crippen molar-refractivity contribution >= 4 is 27.4 Å². The van der Waals surface area contributed by atoms with E-state index in [1.54, 1.807) is 6.92 Å². The van der Waals surface area contributed by atoms with Crippen molar-refractivity contribution in [1.29, 1.82) is 0 Å². The number of rotatable bonds is 6. The first kappa shape index (κ1) is 20.6. The smallest absolute Gasteiger partial charge is 0.340 e. The van der Waals surface area contributed by atoms with Crippen LogP contribution in [0.5, 0.6) is 0 Å². The molecule has 0 spiro atoms. The van der Waals surface area contributed by atoms with E-state index in [-0.39, 0.29) is 21.9 Å². The Morgan fingerprint density at radius 1 is 1.19 bits per heavy atom. The zero-order chi connectivity index (χ0) is 20.2. The Labute approximate surface area is 157 Å². The maximum absolute atomic E-state index is 13.6. The highest BCUT2D eigenvalue weighted by molar-refractivity contribution is 7.91. The van der Waals surface area contributed by atoms with Crippen LogP contribution in [0.3, 0.4) is 0 Å². The van der Waals surface area contributed by atoms with Crippen molar-refractivity contribution in [3.8, 4) is 0 Å². The molecule has 6 nitrogen and oxygen atoms in total. The summed E-state index contributed by atoms with van der Waals surface area (Å²) in [6.07, 6.45) is -1.21. The van der Waals surface area contributed by atoms with Gasteiger partial charge in [-0.1, -0.05) is 25.1 Å². The molecule has 2 rings (SSSR count). The van der Waals surface area contributed by atoms with Gasteiger partial charge in [-0.3, -0.25) is 4.79 Å². The molecule has 0 saturated carbocycles. The Morgan fingerprint density at radius 3 is 2.48 bits per heavy atom. The zero-order valence-electron chi connectivity index (χ0n) is 15.2. The van der Waals surface area contributed by atoms with Crippen LogP contribution in [0.15, 0.2) is 47.4 Å². The molecular weight excluding hydrogens is 373 g/mol. The average Bonchev–Trinajstić information content (AvgIpc) is 2.64. The molecule has 0 aromatic heterocycles. The van der Waals surface area contributed by atoms with Gasteiger partial charge < -0.3 is 10.1 Å². The third-order valence-corrected chi connectivity index (χ3v) is 5.70. The van der Waals surface area contributed by atoms with E-state index in [2.05, 4.69) is 5.32 Å². The topological polar surface area (TPSA) is 89.5 Å². The number of halogens is 1. The summed E-state index contributed by atoms with van der Waals surface area (Å²) in [5.41, 5.74) is 0.515. The lowest BCUT2D eigenvalue weighted by Crippen LogP contribution is -2.30. The average molecular weight is 393 g/mol. The second-order valence-electron chi connectivity index (χ2n) is 5.90. The van der Waals surface area contributed by atoms with E-state index < -0.39 is 33.6 Å². The molecule has 0 unspecified atom stereocenters. The number of ether oxygens (including phenoxy) is 1. The summed E-state index contributed by atoms with van der Waals surface area (Å²) in [7, 11) is -3.63. The van der Waals surface area contributed by atoms with E-state index in [0.29, 0.717) is 5.56 Å². The van der Waals surface area contributed by atoms with Crippen molar-refractivity contribution in [3.63, 3.8) is 0 Å². The molecule has 0 bridgehead atoms. The van der Waals surface area contributed by atoms with Gasteiger partial charge in [-0.25, -0.2) is 17.6 Å². The number of nitrogens with one attached hydrogen (secondary N) is 1. The minimum atomic E-state index is -3.63. The number of hydrogen-bond donors (Lipinski definition) is 1. The summed E-state index contributed by atoms with van der Waals surface area (Å²) in [5.74, 6) is -2.24. The lowest BCUT2D eigenvalue weighted by Gasteiger charge is -2.15. The third-order valence-electron chi connectivity index (χ3n) is 3.91. The monoisotopic (exact) mass is 393 g/mol. The second-order valence-corrected chi connectivity index (χ2v) is 8.15. The standard InChI is InChI=1S/C19H20FNO5S/c1-4-27(24,25)17-8-6-5-7-15(17)19(23)26-13(3)18(22)21-14-10-9-12(2)16(20)11-14/h5-11,13H,4H2,1-3H3,(H,21,22)/t13-/m0/s1. The van der Waals surface area contributed by atoms with E-state index in [0.717, 1.165) is 6.07 Å². The molecule has 1 amide bonds. The minimum absolute atomic E-state index is 0.139. The van der Waals surface area contributed by atoms with Crippen molar-refractivity contribution in [2.75, 3.05) is 11.1 Å². The Bertz CT molecular complexity index is 972. The molecule has 0 heterocycles. The fourth-order valence-corrected chi connectivity index (χ4v) is 3.34. The van der Waals surface area contributed by atoms with Gasteiger partial charge in [0.25, 0.3) is 5.91 Å². The summed E-state index contributed by atoms with van der Waals surface area (Å²) in [5, 5.41) is 2.45. The van der Waals surface area contributed by atoms with Gasteiger partial charge in [0.2, 0.25) is 0 Å². The summed E-state index contributed by atoms with van der Waals surface area (Å²) < 4.78 is 42.9. The first-order valence-electron chi connectivity index (χ1n) is 8.25. The first-order chi connectivity index (χ1) is 12.7. The van der Waals surface area contributed by atoms with Crippen molar-refractivity contribution in [3.05, 3.63) is 59.4 Å². The van der Waals surface area contributed by atoms with E-state index in [1.165, 1.54) is 50.2 Å². The SMILES string of the molecule is CCS(=O)(=O)c1ccccc1C(=O)O[C@@H](C)C(=O)Nc1ccc(C)c(F)c1. The molecule has 0 aliphatic carbocycles.